The van der Waals surface area contributed by atoms with Gasteiger partial charge in [0.2, 0.25) is 0 Å². The second-order valence-corrected chi connectivity index (χ2v) is 3.68. The van der Waals surface area contributed by atoms with Crippen LogP contribution in [-0.2, 0) is 4.74 Å². The SMILES string of the molecule is CC[C@H]1O[C@@H](O)[C@H](C)[C@@H](O)[C@@H]1C. The van der Waals surface area contributed by atoms with Gasteiger partial charge in [0.25, 0.3) is 0 Å². The van der Waals surface area contributed by atoms with E-state index in [1.807, 2.05) is 13.8 Å². The zero-order valence-corrected chi connectivity index (χ0v) is 7.90. The van der Waals surface area contributed by atoms with Crippen LogP contribution in [0.15, 0.2) is 0 Å². The van der Waals surface area contributed by atoms with E-state index in [0.29, 0.717) is 0 Å². The summed E-state index contributed by atoms with van der Waals surface area (Å²) >= 11 is 0. The van der Waals surface area contributed by atoms with E-state index in [9.17, 15) is 10.2 Å². The number of rotatable bonds is 1. The largest absolute Gasteiger partial charge is 0.392 e. The van der Waals surface area contributed by atoms with Crippen LogP contribution in [0.1, 0.15) is 27.2 Å². The smallest absolute Gasteiger partial charge is 0.159 e. The first kappa shape index (κ1) is 9.96. The maximum Gasteiger partial charge on any atom is 0.159 e. The van der Waals surface area contributed by atoms with Crippen molar-refractivity contribution in [3.8, 4) is 0 Å². The molecule has 0 aliphatic carbocycles. The zero-order valence-electron chi connectivity index (χ0n) is 7.90. The molecule has 72 valence electrons. The third kappa shape index (κ3) is 1.63. The lowest BCUT2D eigenvalue weighted by Crippen LogP contribution is -2.48. The van der Waals surface area contributed by atoms with Gasteiger partial charge in [-0.25, -0.2) is 0 Å². The van der Waals surface area contributed by atoms with Crippen molar-refractivity contribution in [3.05, 3.63) is 0 Å². The van der Waals surface area contributed by atoms with Gasteiger partial charge >= 0.3 is 0 Å². The summed E-state index contributed by atoms with van der Waals surface area (Å²) in [7, 11) is 0. The summed E-state index contributed by atoms with van der Waals surface area (Å²) in [4.78, 5) is 0. The maximum atomic E-state index is 9.68. The van der Waals surface area contributed by atoms with Crippen molar-refractivity contribution < 1.29 is 14.9 Å². The molecule has 1 fully saturated rings. The normalized spacial score (nSPS) is 49.2. The Balaban J connectivity index is 2.63. The molecule has 0 aromatic carbocycles. The molecule has 0 aromatic heterocycles. The quantitative estimate of drug-likeness (QED) is 0.616. The van der Waals surface area contributed by atoms with E-state index in [2.05, 4.69) is 0 Å². The molecule has 1 rings (SSSR count). The molecule has 2 N–H and O–H groups in total. The van der Waals surface area contributed by atoms with Crippen LogP contribution in [0.5, 0.6) is 0 Å². The summed E-state index contributed by atoms with van der Waals surface area (Å²) < 4.78 is 5.33. The van der Waals surface area contributed by atoms with Crippen molar-refractivity contribution in [2.24, 2.45) is 11.8 Å². The third-order valence-corrected chi connectivity index (χ3v) is 2.83. The molecule has 12 heavy (non-hydrogen) atoms. The summed E-state index contributed by atoms with van der Waals surface area (Å²) in [5.74, 6) is -0.0591. The summed E-state index contributed by atoms with van der Waals surface area (Å²) in [6.45, 7) is 5.76. The van der Waals surface area contributed by atoms with Crippen molar-refractivity contribution in [2.45, 2.75) is 45.7 Å². The first-order valence-corrected chi connectivity index (χ1v) is 4.59. The lowest BCUT2D eigenvalue weighted by molar-refractivity contribution is -0.241. The Hall–Kier alpha value is -0.120. The number of hydrogen-bond acceptors (Lipinski definition) is 3. The van der Waals surface area contributed by atoms with Crippen LogP contribution in [-0.4, -0.2) is 28.7 Å². The van der Waals surface area contributed by atoms with Gasteiger partial charge in [0.05, 0.1) is 12.2 Å². The summed E-state index contributed by atoms with van der Waals surface area (Å²) in [6.07, 6.45) is -0.423. The number of aliphatic hydroxyl groups is 2. The van der Waals surface area contributed by atoms with Crippen molar-refractivity contribution in [1.29, 1.82) is 0 Å². The Bertz CT molecular complexity index is 144. The fourth-order valence-corrected chi connectivity index (χ4v) is 1.76. The van der Waals surface area contributed by atoms with Crippen LogP contribution in [0.3, 0.4) is 0 Å². The maximum absolute atomic E-state index is 9.68. The van der Waals surface area contributed by atoms with E-state index in [4.69, 9.17) is 4.74 Å². The molecule has 0 spiro atoms. The van der Waals surface area contributed by atoms with Gasteiger partial charge in [-0.05, 0) is 6.42 Å². The minimum Gasteiger partial charge on any atom is -0.392 e. The topological polar surface area (TPSA) is 49.7 Å². The minimum absolute atomic E-state index is 0.00815. The van der Waals surface area contributed by atoms with Gasteiger partial charge in [0.15, 0.2) is 6.29 Å². The van der Waals surface area contributed by atoms with E-state index in [1.54, 1.807) is 6.92 Å². The first-order valence-electron chi connectivity index (χ1n) is 4.59. The van der Waals surface area contributed by atoms with Crippen LogP contribution in [0, 0.1) is 11.8 Å². The molecule has 3 heteroatoms. The molecule has 0 radical (unpaired) electrons. The van der Waals surface area contributed by atoms with Crippen molar-refractivity contribution in [1.82, 2.24) is 0 Å². The Kier molecular flexibility index (Phi) is 3.09. The van der Waals surface area contributed by atoms with Gasteiger partial charge < -0.3 is 14.9 Å². The van der Waals surface area contributed by atoms with Crippen LogP contribution in [0.4, 0.5) is 0 Å². The highest BCUT2D eigenvalue weighted by Gasteiger charge is 2.38. The summed E-state index contributed by atoms with van der Waals surface area (Å²) in [6, 6.07) is 0. The average molecular weight is 174 g/mol. The van der Waals surface area contributed by atoms with E-state index in [0.717, 1.165) is 6.42 Å². The van der Waals surface area contributed by atoms with Crippen LogP contribution < -0.4 is 0 Å². The molecular formula is C9H18O3. The Labute approximate surface area is 73.4 Å². The first-order chi connectivity index (χ1) is 5.57. The molecule has 5 atom stereocenters. The number of aliphatic hydroxyl groups excluding tert-OH is 2. The Morgan fingerprint density at radius 2 is 1.75 bits per heavy atom. The average Bonchev–Trinajstić information content (AvgIpc) is 2.08. The van der Waals surface area contributed by atoms with Crippen molar-refractivity contribution in [2.75, 3.05) is 0 Å². The van der Waals surface area contributed by atoms with Gasteiger partial charge in [-0.15, -0.1) is 0 Å². The zero-order chi connectivity index (χ0) is 9.30. The molecule has 0 unspecified atom stereocenters. The van der Waals surface area contributed by atoms with Crippen LogP contribution in [0.25, 0.3) is 0 Å². The standard InChI is InChI=1S/C9H18O3/c1-4-7-5(2)8(10)6(3)9(11)12-7/h5-11H,4H2,1-3H3/t5-,6-,7-,8+,9-/m1/s1. The lowest BCUT2D eigenvalue weighted by atomic mass is 9.85. The second-order valence-electron chi connectivity index (χ2n) is 3.68. The fraction of sp³-hybridized carbons (Fsp3) is 1.00. The van der Waals surface area contributed by atoms with Crippen molar-refractivity contribution >= 4 is 0 Å². The lowest BCUT2D eigenvalue weighted by Gasteiger charge is -2.40. The molecule has 0 amide bonds. The predicted molar refractivity (Wildman–Crippen MR) is 45.5 cm³/mol. The molecular weight excluding hydrogens is 156 g/mol. The predicted octanol–water partition coefficient (Wildman–Crippen LogP) is 0.747. The van der Waals surface area contributed by atoms with Crippen LogP contribution in [0.2, 0.25) is 0 Å². The number of hydrogen-bond donors (Lipinski definition) is 2. The molecule has 0 saturated carbocycles. The van der Waals surface area contributed by atoms with Gasteiger partial charge in [-0.1, -0.05) is 20.8 Å². The molecule has 1 aliphatic rings. The highest BCUT2D eigenvalue weighted by molar-refractivity contribution is 4.83. The molecule has 0 bridgehead atoms. The van der Waals surface area contributed by atoms with E-state index >= 15 is 0 Å². The molecule has 3 nitrogen and oxygen atoms in total. The van der Waals surface area contributed by atoms with Gasteiger partial charge in [0, 0.05) is 11.8 Å². The summed E-state index contributed by atoms with van der Waals surface area (Å²) in [5, 5.41) is 19.1. The van der Waals surface area contributed by atoms with Gasteiger partial charge in [-0.2, -0.15) is 0 Å². The molecule has 1 heterocycles. The minimum atomic E-state index is -0.804. The van der Waals surface area contributed by atoms with Gasteiger partial charge in [-0.3, -0.25) is 0 Å². The highest BCUT2D eigenvalue weighted by Crippen LogP contribution is 2.30. The van der Waals surface area contributed by atoms with E-state index in [-0.39, 0.29) is 17.9 Å². The monoisotopic (exact) mass is 174 g/mol. The molecule has 0 aromatic rings. The van der Waals surface area contributed by atoms with Gasteiger partial charge in [0.1, 0.15) is 0 Å². The highest BCUT2D eigenvalue weighted by atomic mass is 16.6. The van der Waals surface area contributed by atoms with Crippen molar-refractivity contribution in [3.63, 3.8) is 0 Å². The number of ether oxygens (including phenoxy) is 1. The fourth-order valence-electron chi connectivity index (χ4n) is 1.76. The Morgan fingerprint density at radius 3 is 2.25 bits per heavy atom. The summed E-state index contributed by atoms with van der Waals surface area (Å²) in [5.41, 5.74) is 0. The van der Waals surface area contributed by atoms with E-state index in [1.165, 1.54) is 0 Å². The Morgan fingerprint density at radius 1 is 1.17 bits per heavy atom. The molecule has 1 aliphatic heterocycles. The second kappa shape index (κ2) is 3.73. The van der Waals surface area contributed by atoms with E-state index < -0.39 is 12.4 Å². The van der Waals surface area contributed by atoms with Crippen LogP contribution >= 0.6 is 0 Å². The third-order valence-electron chi connectivity index (χ3n) is 2.83. The molecule has 1 saturated heterocycles.